The van der Waals surface area contributed by atoms with Gasteiger partial charge in [-0.15, -0.1) is 0 Å². The Kier molecular flexibility index (Phi) is 4.29. The molecule has 0 aliphatic heterocycles. The molecule has 3 N–H and O–H groups in total. The first kappa shape index (κ1) is 16.4. The fourth-order valence-corrected chi connectivity index (χ4v) is 2.44. The highest BCUT2D eigenvalue weighted by Gasteiger charge is 2.13. The Morgan fingerprint density at radius 1 is 1.12 bits per heavy atom. The summed E-state index contributed by atoms with van der Waals surface area (Å²) in [6, 6.07) is 8.07. The highest BCUT2D eigenvalue weighted by atomic mass is 16.2. The standard InChI is InChI=1S/C16H15N5O4/c1-21(14(23)7-9-6-13(22)20-16(25)17-9)8-12-18-11-5-3-2-4-10(11)15(24)19-12/h2-6H,7-8H2,1H3,(H,18,19,24)(H2,17,20,22,25). The van der Waals surface area contributed by atoms with Gasteiger partial charge in [-0.05, 0) is 12.1 Å². The van der Waals surface area contributed by atoms with Crippen LogP contribution in [0.15, 0.2) is 44.7 Å². The molecule has 25 heavy (non-hydrogen) atoms. The summed E-state index contributed by atoms with van der Waals surface area (Å²) in [5.74, 6) is 0.0102. The zero-order valence-electron chi connectivity index (χ0n) is 13.3. The van der Waals surface area contributed by atoms with Crippen LogP contribution in [0.3, 0.4) is 0 Å². The molecule has 0 bridgehead atoms. The molecule has 0 unspecified atom stereocenters. The molecule has 0 saturated carbocycles. The topological polar surface area (TPSA) is 132 Å². The van der Waals surface area contributed by atoms with Crippen LogP contribution in [0.5, 0.6) is 0 Å². The number of hydrogen-bond donors (Lipinski definition) is 3. The van der Waals surface area contributed by atoms with Crippen molar-refractivity contribution in [2.75, 3.05) is 7.05 Å². The van der Waals surface area contributed by atoms with E-state index in [1.54, 1.807) is 31.3 Å². The van der Waals surface area contributed by atoms with E-state index < -0.39 is 11.2 Å². The summed E-state index contributed by atoms with van der Waals surface area (Å²) >= 11 is 0. The quantitative estimate of drug-likeness (QED) is 0.589. The summed E-state index contributed by atoms with van der Waals surface area (Å²) < 4.78 is 0. The summed E-state index contributed by atoms with van der Waals surface area (Å²) in [5, 5.41) is 0.473. The monoisotopic (exact) mass is 341 g/mol. The Labute approximate surface area is 140 Å². The lowest BCUT2D eigenvalue weighted by atomic mass is 10.2. The maximum Gasteiger partial charge on any atom is 0.325 e. The van der Waals surface area contributed by atoms with Gasteiger partial charge >= 0.3 is 5.69 Å². The first-order valence-corrected chi connectivity index (χ1v) is 7.47. The smallest absolute Gasteiger partial charge is 0.325 e. The van der Waals surface area contributed by atoms with Crippen molar-refractivity contribution < 1.29 is 4.79 Å². The molecule has 1 aromatic carbocycles. The number of nitrogens with one attached hydrogen (secondary N) is 3. The lowest BCUT2D eigenvalue weighted by Gasteiger charge is -2.16. The minimum absolute atomic E-state index is 0.0896. The molecule has 0 spiro atoms. The second-order valence-electron chi connectivity index (χ2n) is 5.57. The number of benzene rings is 1. The van der Waals surface area contributed by atoms with E-state index in [2.05, 4.69) is 15.0 Å². The number of aromatic nitrogens is 4. The average Bonchev–Trinajstić information content (AvgIpc) is 2.53. The van der Waals surface area contributed by atoms with Crippen molar-refractivity contribution in [1.29, 1.82) is 0 Å². The third-order valence-electron chi connectivity index (χ3n) is 3.63. The molecule has 3 aromatic rings. The molecule has 0 radical (unpaired) electrons. The van der Waals surface area contributed by atoms with Gasteiger partial charge < -0.3 is 14.9 Å². The van der Waals surface area contributed by atoms with E-state index >= 15 is 0 Å². The predicted octanol–water partition coefficient (Wildman–Crippen LogP) is -0.499. The molecule has 3 rings (SSSR count). The zero-order valence-corrected chi connectivity index (χ0v) is 13.3. The van der Waals surface area contributed by atoms with Gasteiger partial charge in [0.2, 0.25) is 5.91 Å². The SMILES string of the molecule is CN(Cc1nc2ccccc2c(=O)[nH]1)C(=O)Cc1cc(=O)[nH]c(=O)[nH]1. The van der Waals surface area contributed by atoms with Gasteiger partial charge in [0, 0.05) is 18.8 Å². The van der Waals surface area contributed by atoms with Crippen molar-refractivity contribution in [3.63, 3.8) is 0 Å². The number of likely N-dealkylation sites (N-methyl/N-ethyl adjacent to an activating group) is 1. The molecule has 2 heterocycles. The zero-order chi connectivity index (χ0) is 18.0. The van der Waals surface area contributed by atoms with E-state index in [0.29, 0.717) is 16.7 Å². The Bertz CT molecular complexity index is 1080. The molecule has 128 valence electrons. The highest BCUT2D eigenvalue weighted by Crippen LogP contribution is 2.07. The van der Waals surface area contributed by atoms with Gasteiger partial charge in [-0.1, -0.05) is 12.1 Å². The van der Waals surface area contributed by atoms with Crippen LogP contribution < -0.4 is 16.8 Å². The van der Waals surface area contributed by atoms with Crippen molar-refractivity contribution >= 4 is 16.8 Å². The van der Waals surface area contributed by atoms with E-state index in [4.69, 9.17) is 0 Å². The number of H-pyrrole nitrogens is 3. The fraction of sp³-hybridized carbons (Fsp3) is 0.188. The summed E-state index contributed by atoms with van der Waals surface area (Å²) in [7, 11) is 1.54. The molecule has 9 heteroatoms. The number of rotatable bonds is 4. The van der Waals surface area contributed by atoms with E-state index in [1.165, 1.54) is 4.90 Å². The normalized spacial score (nSPS) is 10.8. The van der Waals surface area contributed by atoms with E-state index in [0.717, 1.165) is 6.07 Å². The number of carbonyl (C=O) groups is 1. The van der Waals surface area contributed by atoms with Crippen LogP contribution in [0.25, 0.3) is 10.9 Å². The van der Waals surface area contributed by atoms with Gasteiger partial charge in [-0.2, -0.15) is 0 Å². The van der Waals surface area contributed by atoms with Gasteiger partial charge in [0.25, 0.3) is 11.1 Å². The van der Waals surface area contributed by atoms with Crippen LogP contribution in [0.2, 0.25) is 0 Å². The Balaban J connectivity index is 1.78. The molecule has 2 aromatic heterocycles. The van der Waals surface area contributed by atoms with Crippen LogP contribution in [0.1, 0.15) is 11.5 Å². The summed E-state index contributed by atoms with van der Waals surface area (Å²) in [6.07, 6.45) is -0.145. The third kappa shape index (κ3) is 3.71. The number of hydrogen-bond acceptors (Lipinski definition) is 5. The predicted molar refractivity (Wildman–Crippen MR) is 90.2 cm³/mol. The first-order chi connectivity index (χ1) is 11.9. The molecule has 0 fully saturated rings. The number of fused-ring (bicyclic) bond motifs is 1. The molecular weight excluding hydrogens is 326 g/mol. The second kappa shape index (κ2) is 6.56. The van der Waals surface area contributed by atoms with E-state index in [9.17, 15) is 19.2 Å². The lowest BCUT2D eigenvalue weighted by Crippen LogP contribution is -2.31. The molecule has 0 aliphatic carbocycles. The van der Waals surface area contributed by atoms with Gasteiger partial charge in [0.15, 0.2) is 0 Å². The van der Waals surface area contributed by atoms with E-state index in [-0.39, 0.29) is 30.1 Å². The van der Waals surface area contributed by atoms with Crippen LogP contribution in [-0.2, 0) is 17.8 Å². The number of carbonyl (C=O) groups excluding carboxylic acids is 1. The summed E-state index contributed by atoms with van der Waals surface area (Å²) in [5.41, 5.74) is -0.764. The maximum absolute atomic E-state index is 12.3. The summed E-state index contributed by atoms with van der Waals surface area (Å²) in [6.45, 7) is 0.0896. The van der Waals surface area contributed by atoms with Crippen molar-refractivity contribution in [2.45, 2.75) is 13.0 Å². The first-order valence-electron chi connectivity index (χ1n) is 7.47. The average molecular weight is 341 g/mol. The Morgan fingerprint density at radius 3 is 2.64 bits per heavy atom. The van der Waals surface area contributed by atoms with Crippen molar-refractivity contribution in [3.8, 4) is 0 Å². The van der Waals surface area contributed by atoms with Gasteiger partial charge in [0.05, 0.1) is 23.9 Å². The lowest BCUT2D eigenvalue weighted by molar-refractivity contribution is -0.129. The van der Waals surface area contributed by atoms with Crippen LogP contribution in [0, 0.1) is 0 Å². The number of amides is 1. The van der Waals surface area contributed by atoms with Crippen LogP contribution >= 0.6 is 0 Å². The Hall–Kier alpha value is -3.49. The molecule has 0 aliphatic rings. The van der Waals surface area contributed by atoms with Crippen molar-refractivity contribution in [1.82, 2.24) is 24.8 Å². The molecule has 0 atom stereocenters. The van der Waals surface area contributed by atoms with Crippen LogP contribution in [-0.4, -0.2) is 37.8 Å². The minimum Gasteiger partial charge on any atom is -0.338 e. The molecule has 0 saturated heterocycles. The van der Waals surface area contributed by atoms with Crippen LogP contribution in [0.4, 0.5) is 0 Å². The van der Waals surface area contributed by atoms with Gasteiger partial charge in [0.1, 0.15) is 5.82 Å². The van der Waals surface area contributed by atoms with Crippen molar-refractivity contribution in [2.24, 2.45) is 0 Å². The largest absolute Gasteiger partial charge is 0.338 e. The summed E-state index contributed by atoms with van der Waals surface area (Å²) in [4.78, 5) is 59.6. The minimum atomic E-state index is -0.668. The highest BCUT2D eigenvalue weighted by molar-refractivity contribution is 5.78. The molecule has 1 amide bonds. The third-order valence-corrected chi connectivity index (χ3v) is 3.63. The fourth-order valence-electron chi connectivity index (χ4n) is 2.44. The molecular formula is C16H15N5O4. The number of para-hydroxylation sites is 1. The Morgan fingerprint density at radius 2 is 1.88 bits per heavy atom. The van der Waals surface area contributed by atoms with E-state index in [1.807, 2.05) is 4.98 Å². The van der Waals surface area contributed by atoms with Gasteiger partial charge in [-0.25, -0.2) is 9.78 Å². The second-order valence-corrected chi connectivity index (χ2v) is 5.57. The number of nitrogens with zero attached hydrogens (tertiary/aromatic N) is 2. The maximum atomic E-state index is 12.3. The molecule has 9 nitrogen and oxygen atoms in total. The van der Waals surface area contributed by atoms with Crippen molar-refractivity contribution in [3.05, 3.63) is 73.0 Å². The van der Waals surface area contributed by atoms with Gasteiger partial charge in [-0.3, -0.25) is 19.4 Å². The number of aromatic amines is 3.